The van der Waals surface area contributed by atoms with E-state index in [0.29, 0.717) is 56.5 Å². The van der Waals surface area contributed by atoms with Crippen LogP contribution in [0.5, 0.6) is 0 Å². The van der Waals surface area contributed by atoms with Crippen LogP contribution in [0, 0.1) is 13.8 Å². The van der Waals surface area contributed by atoms with E-state index in [1.165, 1.54) is 18.2 Å². The van der Waals surface area contributed by atoms with Crippen LogP contribution in [0.15, 0.2) is 82.6 Å². The van der Waals surface area contributed by atoms with Crippen LogP contribution in [-0.2, 0) is 24.5 Å². The van der Waals surface area contributed by atoms with Gasteiger partial charge < -0.3 is 0 Å². The molecule has 1 atom stereocenters. The van der Waals surface area contributed by atoms with Crippen molar-refractivity contribution >= 4 is 62.6 Å². The molecule has 0 amide bonds. The van der Waals surface area contributed by atoms with Crippen molar-refractivity contribution in [1.82, 2.24) is 0 Å². The molecule has 0 spiro atoms. The summed E-state index contributed by atoms with van der Waals surface area (Å²) in [5.41, 5.74) is 5.91. The number of fused-ring (bicyclic) bond motifs is 4. The van der Waals surface area contributed by atoms with E-state index in [4.69, 9.17) is 33.0 Å². The SMILES string of the molecule is Cc1cc2c(cc1S(=O)(=O)Cl)C(Cl)c1ccccc1C2=O.Cc1cc2c(cc1S(=O)(=O)Cl)Cc1ccccc1C2=O. The minimum absolute atomic E-state index is 0.0132. The van der Waals surface area contributed by atoms with Crippen molar-refractivity contribution in [2.24, 2.45) is 0 Å². The summed E-state index contributed by atoms with van der Waals surface area (Å²) >= 11 is 6.43. The molecule has 0 fully saturated rings. The summed E-state index contributed by atoms with van der Waals surface area (Å²) in [5.74, 6) is -0.220. The van der Waals surface area contributed by atoms with Gasteiger partial charge in [0.1, 0.15) is 0 Å². The van der Waals surface area contributed by atoms with E-state index >= 15 is 0 Å². The molecule has 2 aliphatic rings. The maximum absolute atomic E-state index is 12.5. The van der Waals surface area contributed by atoms with Gasteiger partial charge in [0.2, 0.25) is 0 Å². The summed E-state index contributed by atoms with van der Waals surface area (Å²) < 4.78 is 46.3. The average molecular weight is 648 g/mol. The summed E-state index contributed by atoms with van der Waals surface area (Å²) in [5, 5.41) is -0.577. The Labute approximate surface area is 251 Å². The molecule has 6 nitrogen and oxygen atoms in total. The summed E-state index contributed by atoms with van der Waals surface area (Å²) in [6, 6.07) is 20.5. The van der Waals surface area contributed by atoms with Crippen LogP contribution >= 0.6 is 33.0 Å². The molecule has 0 N–H and O–H groups in total. The number of rotatable bonds is 2. The number of alkyl halides is 1. The molecule has 2 aliphatic carbocycles. The van der Waals surface area contributed by atoms with Gasteiger partial charge in [0.25, 0.3) is 18.1 Å². The third-order valence-electron chi connectivity index (χ3n) is 7.16. The maximum atomic E-state index is 12.5. The molecule has 0 bridgehead atoms. The lowest BCUT2D eigenvalue weighted by atomic mass is 9.84. The minimum Gasteiger partial charge on any atom is -0.289 e. The second-order valence-corrected chi connectivity index (χ2v) is 15.3. The van der Waals surface area contributed by atoms with Gasteiger partial charge in [-0.1, -0.05) is 48.5 Å². The number of aryl methyl sites for hydroxylation is 2. The second-order valence-electron chi connectivity index (χ2n) is 9.80. The van der Waals surface area contributed by atoms with Crippen LogP contribution in [0.25, 0.3) is 0 Å². The number of ketones is 2. The molecule has 0 saturated carbocycles. The van der Waals surface area contributed by atoms with E-state index < -0.39 is 23.5 Å². The normalized spacial score (nSPS) is 15.6. The first-order valence-electron chi connectivity index (χ1n) is 12.3. The smallest absolute Gasteiger partial charge is 0.261 e. The van der Waals surface area contributed by atoms with Crippen molar-refractivity contribution in [3.8, 4) is 0 Å². The predicted molar refractivity (Wildman–Crippen MR) is 159 cm³/mol. The zero-order valence-corrected chi connectivity index (χ0v) is 25.5. The zero-order valence-electron chi connectivity index (χ0n) is 21.6. The van der Waals surface area contributed by atoms with E-state index in [2.05, 4.69) is 0 Å². The Kier molecular flexibility index (Phi) is 7.68. The van der Waals surface area contributed by atoms with E-state index in [1.807, 2.05) is 18.2 Å². The average Bonchev–Trinajstić information content (AvgIpc) is 2.91. The van der Waals surface area contributed by atoms with Gasteiger partial charge in [0.05, 0.1) is 15.2 Å². The molecule has 41 heavy (non-hydrogen) atoms. The quantitative estimate of drug-likeness (QED) is 0.153. The van der Waals surface area contributed by atoms with Gasteiger partial charge in [-0.2, -0.15) is 0 Å². The Bertz CT molecular complexity index is 2000. The first-order chi connectivity index (χ1) is 19.2. The summed E-state index contributed by atoms with van der Waals surface area (Å²) in [7, 11) is 3.18. The van der Waals surface area contributed by atoms with Crippen LogP contribution in [0.4, 0.5) is 0 Å². The molecule has 11 heteroatoms. The van der Waals surface area contributed by atoms with Crippen molar-refractivity contribution in [3.63, 3.8) is 0 Å². The van der Waals surface area contributed by atoms with Crippen molar-refractivity contribution in [1.29, 1.82) is 0 Å². The standard InChI is InChI=1S/C15H10Cl2O3S.C15H11ClO3S/c1-8-6-12-11(7-13(8)21(17,19)20)14(16)9-4-2-3-5-10(9)15(12)18;1-9-6-13-11(8-14(9)20(16,18)19)7-10-4-2-3-5-12(10)15(13)17/h2-7,14H,1H3;2-6,8H,7H2,1H3. The van der Waals surface area contributed by atoms with E-state index in [9.17, 15) is 26.4 Å². The Hall–Kier alpha value is -3.01. The third-order valence-corrected chi connectivity index (χ3v) is 10.6. The Morgan fingerprint density at radius 2 is 1.12 bits per heavy atom. The van der Waals surface area contributed by atoms with Crippen molar-refractivity contribution in [2.75, 3.05) is 0 Å². The largest absolute Gasteiger partial charge is 0.289 e. The lowest BCUT2D eigenvalue weighted by molar-refractivity contribution is 0.102. The van der Waals surface area contributed by atoms with Gasteiger partial charge in [0.15, 0.2) is 11.6 Å². The molecule has 6 rings (SSSR count). The third kappa shape index (κ3) is 5.47. The first kappa shape index (κ1) is 29.5. The highest BCUT2D eigenvalue weighted by atomic mass is 35.7. The highest BCUT2D eigenvalue weighted by molar-refractivity contribution is 8.14. The Morgan fingerprint density at radius 3 is 1.76 bits per heavy atom. The molecule has 0 heterocycles. The molecule has 0 aromatic heterocycles. The van der Waals surface area contributed by atoms with Crippen molar-refractivity contribution in [3.05, 3.63) is 128 Å². The van der Waals surface area contributed by atoms with Gasteiger partial charge in [-0.05, 0) is 77.9 Å². The number of hydrogen-bond acceptors (Lipinski definition) is 6. The van der Waals surface area contributed by atoms with Crippen LogP contribution in [0.2, 0.25) is 0 Å². The number of carbonyl (C=O) groups is 2. The fourth-order valence-electron chi connectivity index (χ4n) is 5.21. The molecular weight excluding hydrogens is 627 g/mol. The number of hydrogen-bond donors (Lipinski definition) is 0. The molecule has 4 aromatic rings. The van der Waals surface area contributed by atoms with Gasteiger partial charge in [-0.15, -0.1) is 11.6 Å². The molecule has 4 aromatic carbocycles. The van der Waals surface area contributed by atoms with Gasteiger partial charge in [-0.25, -0.2) is 16.8 Å². The lowest BCUT2D eigenvalue weighted by Gasteiger charge is -2.24. The second kappa shape index (κ2) is 10.7. The van der Waals surface area contributed by atoms with Gasteiger partial charge in [0, 0.05) is 43.6 Å². The Morgan fingerprint density at radius 1 is 0.610 bits per heavy atom. The number of benzene rings is 4. The summed E-state index contributed by atoms with van der Waals surface area (Å²) in [6.45, 7) is 3.25. The minimum atomic E-state index is -3.88. The van der Waals surface area contributed by atoms with Gasteiger partial charge >= 0.3 is 0 Å². The van der Waals surface area contributed by atoms with Crippen molar-refractivity contribution < 1.29 is 26.4 Å². The molecule has 1 unspecified atom stereocenters. The van der Waals surface area contributed by atoms with Gasteiger partial charge in [-0.3, -0.25) is 9.59 Å². The van der Waals surface area contributed by atoms with E-state index in [-0.39, 0.29) is 21.4 Å². The molecule has 0 saturated heterocycles. The van der Waals surface area contributed by atoms with Crippen LogP contribution < -0.4 is 0 Å². The van der Waals surface area contributed by atoms with Crippen LogP contribution in [0.1, 0.15) is 70.6 Å². The highest BCUT2D eigenvalue weighted by Gasteiger charge is 2.32. The summed E-state index contributed by atoms with van der Waals surface area (Å²) in [4.78, 5) is 25.0. The number of halogens is 3. The fraction of sp³-hybridized carbons (Fsp3) is 0.133. The molecular formula is C30H21Cl3O6S2. The van der Waals surface area contributed by atoms with Crippen molar-refractivity contribution in [2.45, 2.75) is 35.4 Å². The molecule has 210 valence electrons. The van der Waals surface area contributed by atoms with E-state index in [0.717, 1.165) is 5.56 Å². The molecule has 0 radical (unpaired) electrons. The van der Waals surface area contributed by atoms with Crippen LogP contribution in [-0.4, -0.2) is 28.4 Å². The zero-order chi connectivity index (χ0) is 29.9. The van der Waals surface area contributed by atoms with E-state index in [1.54, 1.807) is 50.2 Å². The predicted octanol–water partition coefficient (Wildman–Crippen LogP) is 6.85. The summed E-state index contributed by atoms with van der Waals surface area (Å²) in [6.07, 6.45) is 0.539. The Balaban J connectivity index is 0.000000165. The maximum Gasteiger partial charge on any atom is 0.261 e. The topological polar surface area (TPSA) is 102 Å². The van der Waals surface area contributed by atoms with Crippen LogP contribution in [0.3, 0.4) is 0 Å². The highest BCUT2D eigenvalue weighted by Crippen LogP contribution is 2.41. The lowest BCUT2D eigenvalue weighted by Crippen LogP contribution is -2.18. The number of carbonyl (C=O) groups excluding carboxylic acids is 2. The monoisotopic (exact) mass is 646 g/mol. The molecule has 0 aliphatic heterocycles. The first-order valence-corrected chi connectivity index (χ1v) is 17.3. The fourth-order valence-corrected chi connectivity index (χ4v) is 8.01.